The Balaban J connectivity index is 1.94. The number of benzene rings is 1. The van der Waals surface area contributed by atoms with Crippen molar-refractivity contribution in [2.45, 2.75) is 6.92 Å². The molecule has 0 amide bonds. The third kappa shape index (κ3) is 2.45. The van der Waals surface area contributed by atoms with E-state index in [4.69, 9.17) is 4.74 Å². The standard InChI is InChI=1S/C14H15N5O2/c1-3-21-13(20)9-8-15-19(2)12(9)18-14-16-10-6-4-5-7-11(10)17-14/h4-8H,3H2,1-2H3,(H2,16,17,18). The Hall–Kier alpha value is -2.83. The third-order valence-corrected chi connectivity index (χ3v) is 3.06. The monoisotopic (exact) mass is 285 g/mol. The van der Waals surface area contributed by atoms with Crippen LogP contribution in [0.4, 0.5) is 11.8 Å². The molecule has 0 fully saturated rings. The van der Waals surface area contributed by atoms with Gasteiger partial charge in [0.2, 0.25) is 5.95 Å². The number of ether oxygens (including phenoxy) is 1. The second-order valence-corrected chi connectivity index (χ2v) is 4.48. The van der Waals surface area contributed by atoms with E-state index in [1.165, 1.54) is 6.20 Å². The lowest BCUT2D eigenvalue weighted by Crippen LogP contribution is -2.09. The smallest absolute Gasteiger partial charge is 0.343 e. The maximum atomic E-state index is 11.9. The molecule has 7 nitrogen and oxygen atoms in total. The minimum Gasteiger partial charge on any atom is -0.462 e. The second-order valence-electron chi connectivity index (χ2n) is 4.48. The zero-order valence-corrected chi connectivity index (χ0v) is 11.8. The van der Waals surface area contributed by atoms with E-state index in [9.17, 15) is 4.79 Å². The molecule has 7 heteroatoms. The Bertz CT molecular complexity index is 757. The number of fused-ring (bicyclic) bond motifs is 1. The number of rotatable bonds is 4. The lowest BCUT2D eigenvalue weighted by molar-refractivity contribution is 0.0527. The van der Waals surface area contributed by atoms with Gasteiger partial charge in [-0.05, 0) is 19.1 Å². The molecule has 0 saturated heterocycles. The number of aromatic nitrogens is 4. The van der Waals surface area contributed by atoms with Crippen LogP contribution in [0.1, 0.15) is 17.3 Å². The fourth-order valence-corrected chi connectivity index (χ4v) is 2.07. The maximum absolute atomic E-state index is 11.9. The molecular weight excluding hydrogens is 270 g/mol. The van der Waals surface area contributed by atoms with E-state index >= 15 is 0 Å². The van der Waals surface area contributed by atoms with E-state index in [0.29, 0.717) is 23.9 Å². The third-order valence-electron chi connectivity index (χ3n) is 3.06. The first-order chi connectivity index (χ1) is 10.2. The Morgan fingerprint density at radius 1 is 1.43 bits per heavy atom. The van der Waals surface area contributed by atoms with E-state index in [-0.39, 0.29) is 0 Å². The molecule has 108 valence electrons. The van der Waals surface area contributed by atoms with Gasteiger partial charge in [-0.2, -0.15) is 5.10 Å². The van der Waals surface area contributed by atoms with Crippen molar-refractivity contribution in [3.63, 3.8) is 0 Å². The molecule has 3 rings (SSSR count). The summed E-state index contributed by atoms with van der Waals surface area (Å²) in [6.45, 7) is 2.08. The molecule has 0 aliphatic carbocycles. The first-order valence-corrected chi connectivity index (χ1v) is 6.60. The topological polar surface area (TPSA) is 84.8 Å². The quantitative estimate of drug-likeness (QED) is 0.718. The second kappa shape index (κ2) is 5.28. The van der Waals surface area contributed by atoms with Crippen LogP contribution in [-0.2, 0) is 11.8 Å². The van der Waals surface area contributed by atoms with Crippen LogP contribution in [-0.4, -0.2) is 32.3 Å². The zero-order chi connectivity index (χ0) is 14.8. The summed E-state index contributed by atoms with van der Waals surface area (Å²) in [5.41, 5.74) is 2.14. The van der Waals surface area contributed by atoms with Crippen molar-refractivity contribution < 1.29 is 9.53 Å². The van der Waals surface area contributed by atoms with Gasteiger partial charge in [0, 0.05) is 7.05 Å². The number of H-pyrrole nitrogens is 1. The largest absolute Gasteiger partial charge is 0.462 e. The molecule has 0 unspecified atom stereocenters. The van der Waals surface area contributed by atoms with Crippen LogP contribution in [0.5, 0.6) is 0 Å². The maximum Gasteiger partial charge on any atom is 0.343 e. The molecule has 1 aromatic carbocycles. The summed E-state index contributed by atoms with van der Waals surface area (Å²) >= 11 is 0. The van der Waals surface area contributed by atoms with Crippen molar-refractivity contribution >= 4 is 28.8 Å². The predicted molar refractivity (Wildman–Crippen MR) is 78.5 cm³/mol. The lowest BCUT2D eigenvalue weighted by Gasteiger charge is -2.06. The van der Waals surface area contributed by atoms with Crippen LogP contribution in [0.3, 0.4) is 0 Å². The highest BCUT2D eigenvalue weighted by molar-refractivity contribution is 5.95. The number of esters is 1. The number of imidazole rings is 1. The van der Waals surface area contributed by atoms with E-state index in [1.54, 1.807) is 18.7 Å². The molecule has 3 aromatic rings. The van der Waals surface area contributed by atoms with Gasteiger partial charge >= 0.3 is 5.97 Å². The highest BCUT2D eigenvalue weighted by Gasteiger charge is 2.18. The van der Waals surface area contributed by atoms with Crippen LogP contribution >= 0.6 is 0 Å². The van der Waals surface area contributed by atoms with Gasteiger partial charge in [-0.1, -0.05) is 12.1 Å². The van der Waals surface area contributed by atoms with Crippen LogP contribution in [0.25, 0.3) is 11.0 Å². The number of carbonyl (C=O) groups excluding carboxylic acids is 1. The van der Waals surface area contributed by atoms with Gasteiger partial charge in [-0.15, -0.1) is 0 Å². The molecule has 21 heavy (non-hydrogen) atoms. The van der Waals surface area contributed by atoms with Crippen molar-refractivity contribution in [3.8, 4) is 0 Å². The molecule has 2 aromatic heterocycles. The number of hydrogen-bond donors (Lipinski definition) is 2. The molecule has 2 N–H and O–H groups in total. The first-order valence-electron chi connectivity index (χ1n) is 6.60. The Morgan fingerprint density at radius 2 is 2.24 bits per heavy atom. The van der Waals surface area contributed by atoms with Gasteiger partial charge in [0.15, 0.2) is 0 Å². The summed E-state index contributed by atoms with van der Waals surface area (Å²) < 4.78 is 6.58. The van der Waals surface area contributed by atoms with Crippen LogP contribution in [0.15, 0.2) is 30.5 Å². The van der Waals surface area contributed by atoms with Crippen LogP contribution < -0.4 is 5.32 Å². The minimum atomic E-state index is -0.413. The van der Waals surface area contributed by atoms with E-state index in [1.807, 2.05) is 24.3 Å². The van der Waals surface area contributed by atoms with Crippen molar-refractivity contribution in [2.75, 3.05) is 11.9 Å². The summed E-state index contributed by atoms with van der Waals surface area (Å²) in [4.78, 5) is 19.5. The SMILES string of the molecule is CCOC(=O)c1cnn(C)c1Nc1nc2ccccc2[nH]1. The van der Waals surface area contributed by atoms with Crippen LogP contribution in [0.2, 0.25) is 0 Å². The number of carbonyl (C=O) groups is 1. The van der Waals surface area contributed by atoms with Gasteiger partial charge in [0.05, 0.1) is 23.8 Å². The van der Waals surface area contributed by atoms with E-state index < -0.39 is 5.97 Å². The Labute approximate surface area is 120 Å². The number of hydrogen-bond acceptors (Lipinski definition) is 5. The van der Waals surface area contributed by atoms with Crippen molar-refractivity contribution in [1.29, 1.82) is 0 Å². The molecule has 0 atom stereocenters. The average molecular weight is 285 g/mol. The summed E-state index contributed by atoms with van der Waals surface area (Å²) in [5, 5.41) is 7.16. The molecular formula is C14H15N5O2. The van der Waals surface area contributed by atoms with Crippen molar-refractivity contribution in [3.05, 3.63) is 36.0 Å². The molecule has 0 bridgehead atoms. The van der Waals surface area contributed by atoms with Gasteiger partial charge in [0.25, 0.3) is 0 Å². The first kappa shape index (κ1) is 13.2. The molecule has 0 radical (unpaired) electrons. The number of nitrogens with one attached hydrogen (secondary N) is 2. The Morgan fingerprint density at radius 3 is 3.00 bits per heavy atom. The summed E-state index contributed by atoms with van der Waals surface area (Å²) in [6.07, 6.45) is 1.48. The zero-order valence-electron chi connectivity index (χ0n) is 11.8. The Kier molecular flexibility index (Phi) is 3.31. The average Bonchev–Trinajstić information content (AvgIpc) is 3.03. The lowest BCUT2D eigenvalue weighted by atomic mass is 10.3. The molecule has 0 aliphatic rings. The van der Waals surface area contributed by atoms with Gasteiger partial charge in [0.1, 0.15) is 11.4 Å². The molecule has 0 aliphatic heterocycles. The summed E-state index contributed by atoms with van der Waals surface area (Å²) in [6, 6.07) is 7.69. The predicted octanol–water partition coefficient (Wildman–Crippen LogP) is 2.22. The van der Waals surface area contributed by atoms with Crippen LogP contribution in [0, 0.1) is 0 Å². The molecule has 2 heterocycles. The number of anilines is 2. The number of nitrogens with zero attached hydrogens (tertiary/aromatic N) is 3. The molecule has 0 spiro atoms. The van der Waals surface area contributed by atoms with Gasteiger partial charge in [-0.25, -0.2) is 9.78 Å². The van der Waals surface area contributed by atoms with E-state index in [2.05, 4.69) is 20.4 Å². The fourth-order valence-electron chi connectivity index (χ4n) is 2.07. The van der Waals surface area contributed by atoms with E-state index in [0.717, 1.165) is 11.0 Å². The van der Waals surface area contributed by atoms with Gasteiger partial charge < -0.3 is 15.0 Å². The normalized spacial score (nSPS) is 10.8. The minimum absolute atomic E-state index is 0.317. The summed E-state index contributed by atoms with van der Waals surface area (Å²) in [5.74, 6) is 0.669. The molecule has 0 saturated carbocycles. The highest BCUT2D eigenvalue weighted by Crippen LogP contribution is 2.21. The summed E-state index contributed by atoms with van der Waals surface area (Å²) in [7, 11) is 1.74. The van der Waals surface area contributed by atoms with Gasteiger partial charge in [-0.3, -0.25) is 4.68 Å². The number of aromatic amines is 1. The number of aryl methyl sites for hydroxylation is 1. The number of para-hydroxylation sites is 2. The highest BCUT2D eigenvalue weighted by atomic mass is 16.5. The van der Waals surface area contributed by atoms with Crippen molar-refractivity contribution in [2.24, 2.45) is 7.05 Å². The fraction of sp³-hybridized carbons (Fsp3) is 0.214. The van der Waals surface area contributed by atoms with Crippen molar-refractivity contribution in [1.82, 2.24) is 19.7 Å².